The molecule has 2 N–H and O–H groups in total. The predicted octanol–water partition coefficient (Wildman–Crippen LogP) is 2.25. The second kappa shape index (κ2) is 5.69. The van der Waals surface area contributed by atoms with Crippen molar-refractivity contribution < 1.29 is 17.9 Å². The summed E-state index contributed by atoms with van der Waals surface area (Å²) in [6.45, 7) is 1.85. The number of hydrogen-bond donors (Lipinski definition) is 2. The van der Waals surface area contributed by atoms with Gasteiger partial charge in [-0.2, -0.15) is 0 Å². The van der Waals surface area contributed by atoms with Crippen LogP contribution >= 0.6 is 0 Å². The molecule has 0 unspecified atom stereocenters. The van der Waals surface area contributed by atoms with E-state index in [1.165, 1.54) is 18.2 Å². The highest BCUT2D eigenvalue weighted by Gasteiger charge is 2.12. The Balaban J connectivity index is 2.26. The summed E-state index contributed by atoms with van der Waals surface area (Å²) in [6.07, 6.45) is 1.05. The molecule has 0 spiro atoms. The summed E-state index contributed by atoms with van der Waals surface area (Å²) >= 11 is 0. The van der Waals surface area contributed by atoms with Crippen LogP contribution in [0.3, 0.4) is 0 Å². The number of aromatic hydroxyl groups is 1. The minimum absolute atomic E-state index is 0.00669. The summed E-state index contributed by atoms with van der Waals surface area (Å²) in [5, 5.41) is 12.4. The number of sulfone groups is 1. The first-order valence-corrected chi connectivity index (χ1v) is 8.05. The Bertz CT molecular complexity index is 776. The molecule has 0 atom stereocenters. The van der Waals surface area contributed by atoms with Crippen molar-refractivity contribution in [1.29, 1.82) is 0 Å². The topological polar surface area (TPSA) is 79.3 Å². The van der Waals surface area contributed by atoms with E-state index in [-0.39, 0.29) is 22.9 Å². The molecule has 2 aromatic rings. The van der Waals surface area contributed by atoms with Gasteiger partial charge in [-0.1, -0.05) is 0 Å². The summed E-state index contributed by atoms with van der Waals surface area (Å²) in [7, 11) is -3.41. The fourth-order valence-corrected chi connectivity index (χ4v) is 2.43. The summed E-state index contributed by atoms with van der Waals surface area (Å²) in [6, 6.07) is 6.67. The van der Waals surface area contributed by atoms with Crippen LogP contribution in [0.1, 0.15) is 11.4 Å². The molecular formula is C14H15FN2O3S. The molecule has 5 nitrogen and oxygen atoms in total. The number of pyridine rings is 1. The first-order chi connectivity index (χ1) is 9.77. The van der Waals surface area contributed by atoms with E-state index in [0.29, 0.717) is 5.69 Å². The number of nitrogens with zero attached hydrogens (tertiary/aromatic N) is 1. The zero-order chi connectivity index (χ0) is 15.6. The summed E-state index contributed by atoms with van der Waals surface area (Å²) in [5.74, 6) is -0.581. The number of benzene rings is 1. The molecule has 0 aliphatic carbocycles. The van der Waals surface area contributed by atoms with Gasteiger partial charge in [0.15, 0.2) is 9.84 Å². The Morgan fingerprint density at radius 3 is 2.67 bits per heavy atom. The van der Waals surface area contributed by atoms with Gasteiger partial charge >= 0.3 is 0 Å². The molecule has 2 rings (SSSR count). The summed E-state index contributed by atoms with van der Waals surface area (Å²) in [5.41, 5.74) is 1.12. The Hall–Kier alpha value is -2.15. The van der Waals surface area contributed by atoms with Gasteiger partial charge in [0.05, 0.1) is 17.1 Å². The van der Waals surface area contributed by atoms with Crippen LogP contribution in [0.25, 0.3) is 0 Å². The molecule has 0 saturated carbocycles. The second-order valence-corrected chi connectivity index (χ2v) is 6.70. The van der Waals surface area contributed by atoms with Crippen LogP contribution in [0.2, 0.25) is 0 Å². The Morgan fingerprint density at radius 2 is 2.00 bits per heavy atom. The van der Waals surface area contributed by atoms with Gasteiger partial charge in [0.2, 0.25) is 0 Å². The van der Waals surface area contributed by atoms with E-state index in [4.69, 9.17) is 0 Å². The van der Waals surface area contributed by atoms with Crippen molar-refractivity contribution in [2.24, 2.45) is 0 Å². The molecule has 0 amide bonds. The fourth-order valence-electron chi connectivity index (χ4n) is 1.78. The van der Waals surface area contributed by atoms with Crippen molar-refractivity contribution >= 4 is 15.5 Å². The molecule has 0 aliphatic heterocycles. The van der Waals surface area contributed by atoms with E-state index < -0.39 is 15.7 Å². The predicted molar refractivity (Wildman–Crippen MR) is 77.5 cm³/mol. The van der Waals surface area contributed by atoms with Crippen LogP contribution in [0.5, 0.6) is 5.75 Å². The highest BCUT2D eigenvalue weighted by molar-refractivity contribution is 7.90. The SMILES string of the molecule is Cc1ccc(O)c(CNc2cc(S(C)(=O)=O)ccc2F)n1. The maximum Gasteiger partial charge on any atom is 0.175 e. The number of hydrogen-bond acceptors (Lipinski definition) is 5. The lowest BCUT2D eigenvalue weighted by molar-refractivity contribution is 0.464. The average molecular weight is 310 g/mol. The molecule has 21 heavy (non-hydrogen) atoms. The zero-order valence-electron chi connectivity index (χ0n) is 11.6. The van der Waals surface area contributed by atoms with E-state index in [1.54, 1.807) is 13.0 Å². The standard InChI is InChI=1S/C14H15FN2O3S/c1-9-3-6-14(18)13(17-9)8-16-12-7-10(21(2,19)20)4-5-11(12)15/h3-7,16,18H,8H2,1-2H3. The third-order valence-corrected chi connectivity index (χ3v) is 4.01. The molecular weight excluding hydrogens is 295 g/mol. The minimum Gasteiger partial charge on any atom is -0.506 e. The normalized spacial score (nSPS) is 11.4. The van der Waals surface area contributed by atoms with Crippen LogP contribution in [0.4, 0.5) is 10.1 Å². The molecule has 1 aromatic carbocycles. The van der Waals surface area contributed by atoms with Crippen molar-refractivity contribution in [3.05, 3.63) is 47.5 Å². The third-order valence-electron chi connectivity index (χ3n) is 2.90. The smallest absolute Gasteiger partial charge is 0.175 e. The van der Waals surface area contributed by atoms with Gasteiger partial charge in [0.1, 0.15) is 17.3 Å². The molecule has 7 heteroatoms. The molecule has 0 fully saturated rings. The van der Waals surface area contributed by atoms with E-state index >= 15 is 0 Å². The Labute approximate surface area is 122 Å². The lowest BCUT2D eigenvalue weighted by Crippen LogP contribution is -2.06. The monoisotopic (exact) mass is 310 g/mol. The number of aromatic nitrogens is 1. The van der Waals surface area contributed by atoms with E-state index in [2.05, 4.69) is 10.3 Å². The molecule has 1 heterocycles. The minimum atomic E-state index is -3.41. The third kappa shape index (κ3) is 3.69. The Morgan fingerprint density at radius 1 is 1.29 bits per heavy atom. The van der Waals surface area contributed by atoms with Crippen molar-refractivity contribution in [1.82, 2.24) is 4.98 Å². The van der Waals surface area contributed by atoms with Gasteiger partial charge in [0.25, 0.3) is 0 Å². The number of aryl methyl sites for hydroxylation is 1. The van der Waals surface area contributed by atoms with Gasteiger partial charge in [-0.25, -0.2) is 12.8 Å². The first-order valence-electron chi connectivity index (χ1n) is 6.16. The van der Waals surface area contributed by atoms with Crippen molar-refractivity contribution in [2.75, 3.05) is 11.6 Å². The molecule has 0 saturated heterocycles. The van der Waals surface area contributed by atoms with Gasteiger partial charge in [-0.05, 0) is 37.3 Å². The number of halogens is 1. The van der Waals surface area contributed by atoms with Crippen LogP contribution in [-0.2, 0) is 16.4 Å². The van der Waals surface area contributed by atoms with Crippen LogP contribution in [0.15, 0.2) is 35.2 Å². The van der Waals surface area contributed by atoms with Gasteiger partial charge in [-0.15, -0.1) is 0 Å². The Kier molecular flexibility index (Phi) is 4.13. The number of rotatable bonds is 4. The number of anilines is 1. The van der Waals surface area contributed by atoms with Crippen molar-refractivity contribution in [2.45, 2.75) is 18.4 Å². The van der Waals surface area contributed by atoms with Gasteiger partial charge < -0.3 is 10.4 Å². The summed E-state index contributed by atoms with van der Waals surface area (Å²) < 4.78 is 36.6. The maximum atomic E-state index is 13.7. The van der Waals surface area contributed by atoms with Gasteiger partial charge in [0, 0.05) is 11.9 Å². The fraction of sp³-hybridized carbons (Fsp3) is 0.214. The molecule has 1 aromatic heterocycles. The largest absolute Gasteiger partial charge is 0.506 e. The van der Waals surface area contributed by atoms with Gasteiger partial charge in [-0.3, -0.25) is 4.98 Å². The quantitative estimate of drug-likeness (QED) is 0.847. The highest BCUT2D eigenvalue weighted by Crippen LogP contribution is 2.22. The lowest BCUT2D eigenvalue weighted by atomic mass is 10.2. The van der Waals surface area contributed by atoms with Crippen molar-refractivity contribution in [3.8, 4) is 5.75 Å². The average Bonchev–Trinajstić information content (AvgIpc) is 2.40. The van der Waals surface area contributed by atoms with E-state index in [9.17, 15) is 17.9 Å². The molecule has 0 radical (unpaired) electrons. The van der Waals surface area contributed by atoms with Crippen molar-refractivity contribution in [3.63, 3.8) is 0 Å². The number of nitrogens with one attached hydrogen (secondary N) is 1. The lowest BCUT2D eigenvalue weighted by Gasteiger charge is -2.10. The molecule has 0 bridgehead atoms. The second-order valence-electron chi connectivity index (χ2n) is 4.69. The van der Waals surface area contributed by atoms with Crippen LogP contribution < -0.4 is 5.32 Å². The first kappa shape index (κ1) is 15.2. The molecule has 112 valence electrons. The van der Waals surface area contributed by atoms with E-state index in [1.807, 2.05) is 0 Å². The maximum absolute atomic E-state index is 13.7. The zero-order valence-corrected chi connectivity index (χ0v) is 12.4. The van der Waals surface area contributed by atoms with Crippen LogP contribution in [0, 0.1) is 12.7 Å². The van der Waals surface area contributed by atoms with E-state index in [0.717, 1.165) is 18.0 Å². The molecule has 0 aliphatic rings. The highest BCUT2D eigenvalue weighted by atomic mass is 32.2. The summed E-state index contributed by atoms with van der Waals surface area (Å²) in [4.78, 5) is 4.16. The van der Waals surface area contributed by atoms with Crippen LogP contribution in [-0.4, -0.2) is 24.8 Å².